The molecule has 0 bridgehead atoms. The highest BCUT2D eigenvalue weighted by atomic mass is 127. The van der Waals surface area contributed by atoms with Gasteiger partial charge in [-0.3, -0.25) is 4.99 Å². The first-order valence-electron chi connectivity index (χ1n) is 7.99. The molecule has 122 valence electrons. The Kier molecular flexibility index (Phi) is 6.72. The van der Waals surface area contributed by atoms with Crippen molar-refractivity contribution in [1.29, 1.82) is 0 Å². The van der Waals surface area contributed by atoms with Crippen molar-refractivity contribution in [2.75, 3.05) is 31.6 Å². The Morgan fingerprint density at radius 3 is 2.77 bits per heavy atom. The van der Waals surface area contributed by atoms with E-state index in [1.54, 1.807) is 0 Å². The molecule has 3 rings (SSSR count). The van der Waals surface area contributed by atoms with Crippen molar-refractivity contribution >= 4 is 35.8 Å². The van der Waals surface area contributed by atoms with Gasteiger partial charge in [0.05, 0.1) is 0 Å². The smallest absolute Gasteiger partial charge is 0.191 e. The minimum Gasteiger partial charge on any atom is -0.357 e. The number of aromatic nitrogens is 1. The molecule has 1 saturated heterocycles. The molecule has 1 aromatic rings. The molecule has 2 fully saturated rings. The quantitative estimate of drug-likeness (QED) is 0.441. The lowest BCUT2D eigenvalue weighted by Crippen LogP contribution is -2.37. The second-order valence-electron chi connectivity index (χ2n) is 5.97. The number of anilines is 1. The molecule has 0 amide bonds. The predicted molar refractivity (Wildman–Crippen MR) is 102 cm³/mol. The first kappa shape index (κ1) is 17.3. The van der Waals surface area contributed by atoms with Gasteiger partial charge in [0.25, 0.3) is 0 Å². The number of halogens is 1. The fraction of sp³-hybridized carbons (Fsp3) is 0.625. The van der Waals surface area contributed by atoms with Crippen LogP contribution in [0.5, 0.6) is 0 Å². The molecule has 0 aromatic carbocycles. The summed E-state index contributed by atoms with van der Waals surface area (Å²) in [7, 11) is 1.82. The molecule has 2 aliphatic rings. The van der Waals surface area contributed by atoms with Crippen molar-refractivity contribution in [3.63, 3.8) is 0 Å². The average Bonchev–Trinajstić information content (AvgIpc) is 3.19. The zero-order valence-corrected chi connectivity index (χ0v) is 15.5. The zero-order valence-electron chi connectivity index (χ0n) is 13.2. The summed E-state index contributed by atoms with van der Waals surface area (Å²) in [6, 6.07) is 4.26. The van der Waals surface area contributed by atoms with Crippen molar-refractivity contribution < 1.29 is 0 Å². The first-order valence-corrected chi connectivity index (χ1v) is 7.99. The summed E-state index contributed by atoms with van der Waals surface area (Å²) in [6.07, 6.45) is 7.18. The van der Waals surface area contributed by atoms with Crippen LogP contribution in [-0.2, 0) is 6.54 Å². The van der Waals surface area contributed by atoms with E-state index < -0.39 is 0 Å². The Bertz CT molecular complexity index is 495. The van der Waals surface area contributed by atoms with E-state index in [0.29, 0.717) is 0 Å². The Labute approximate surface area is 150 Å². The molecule has 2 N–H and O–H groups in total. The lowest BCUT2D eigenvalue weighted by molar-refractivity contribution is 0.737. The summed E-state index contributed by atoms with van der Waals surface area (Å²) in [5.41, 5.74) is 1.25. The number of nitrogens with zero attached hydrogens (tertiary/aromatic N) is 3. The molecule has 1 aliphatic heterocycles. The minimum atomic E-state index is 0. The Hall–Kier alpha value is -1.05. The van der Waals surface area contributed by atoms with Crippen molar-refractivity contribution in [2.24, 2.45) is 10.9 Å². The molecule has 22 heavy (non-hydrogen) atoms. The first-order chi connectivity index (χ1) is 10.3. The van der Waals surface area contributed by atoms with Crippen LogP contribution in [0.4, 0.5) is 5.82 Å². The molecule has 0 radical (unpaired) electrons. The second-order valence-corrected chi connectivity index (χ2v) is 5.97. The number of guanidine groups is 1. The van der Waals surface area contributed by atoms with Gasteiger partial charge in [-0.25, -0.2) is 4.98 Å². The van der Waals surface area contributed by atoms with Gasteiger partial charge in [-0.15, -0.1) is 24.0 Å². The molecule has 1 saturated carbocycles. The molecule has 0 unspecified atom stereocenters. The maximum absolute atomic E-state index is 4.49. The van der Waals surface area contributed by atoms with Gasteiger partial charge in [-0.2, -0.15) is 0 Å². The van der Waals surface area contributed by atoms with E-state index >= 15 is 0 Å². The zero-order chi connectivity index (χ0) is 14.5. The van der Waals surface area contributed by atoms with Gasteiger partial charge in [0.2, 0.25) is 0 Å². The van der Waals surface area contributed by atoms with E-state index in [2.05, 4.69) is 37.6 Å². The van der Waals surface area contributed by atoms with Crippen LogP contribution in [0.3, 0.4) is 0 Å². The molecular formula is C16H26IN5. The number of rotatable bonds is 5. The van der Waals surface area contributed by atoms with Crippen LogP contribution < -0.4 is 15.5 Å². The normalized spacial score (nSPS) is 18.0. The summed E-state index contributed by atoms with van der Waals surface area (Å²) in [4.78, 5) is 11.1. The molecule has 0 atom stereocenters. The fourth-order valence-electron chi connectivity index (χ4n) is 2.66. The highest BCUT2D eigenvalue weighted by Crippen LogP contribution is 2.27. The summed E-state index contributed by atoms with van der Waals surface area (Å²) in [5, 5.41) is 6.76. The molecular weight excluding hydrogens is 389 g/mol. The maximum Gasteiger partial charge on any atom is 0.191 e. The Morgan fingerprint density at radius 2 is 2.09 bits per heavy atom. The molecule has 5 nitrogen and oxygen atoms in total. The standard InChI is InChI=1S/C16H25N5.HI/c1-17-16(19-11-13-4-5-13)20-12-14-6-7-18-15(10-14)21-8-2-3-9-21;/h6-7,10,13H,2-5,8-9,11-12H2,1H3,(H2,17,19,20);1H. The van der Waals surface area contributed by atoms with Crippen LogP contribution in [0.1, 0.15) is 31.2 Å². The Balaban J connectivity index is 0.00000176. The number of hydrogen-bond acceptors (Lipinski definition) is 3. The third kappa shape index (κ3) is 5.00. The van der Waals surface area contributed by atoms with Gasteiger partial charge in [0.15, 0.2) is 5.96 Å². The van der Waals surface area contributed by atoms with Crippen LogP contribution >= 0.6 is 24.0 Å². The van der Waals surface area contributed by atoms with Gasteiger partial charge < -0.3 is 15.5 Å². The maximum atomic E-state index is 4.49. The molecule has 6 heteroatoms. The number of aliphatic imine (C=N–C) groups is 1. The van der Waals surface area contributed by atoms with Crippen LogP contribution in [0.15, 0.2) is 23.3 Å². The van der Waals surface area contributed by atoms with Crippen molar-refractivity contribution in [1.82, 2.24) is 15.6 Å². The van der Waals surface area contributed by atoms with Crippen molar-refractivity contribution in [3.8, 4) is 0 Å². The van der Waals surface area contributed by atoms with Gasteiger partial charge >= 0.3 is 0 Å². The van der Waals surface area contributed by atoms with Crippen LogP contribution in [-0.4, -0.2) is 37.6 Å². The third-order valence-corrected chi connectivity index (χ3v) is 4.18. The summed E-state index contributed by atoms with van der Waals surface area (Å²) in [6.45, 7) is 4.09. The number of nitrogens with one attached hydrogen (secondary N) is 2. The monoisotopic (exact) mass is 415 g/mol. The van der Waals surface area contributed by atoms with E-state index in [1.165, 1.54) is 31.2 Å². The van der Waals surface area contributed by atoms with E-state index in [0.717, 1.165) is 43.9 Å². The average molecular weight is 415 g/mol. The highest BCUT2D eigenvalue weighted by molar-refractivity contribution is 14.0. The second kappa shape index (κ2) is 8.55. The molecule has 0 spiro atoms. The highest BCUT2D eigenvalue weighted by Gasteiger charge is 2.21. The lowest BCUT2D eigenvalue weighted by Gasteiger charge is -2.17. The van der Waals surface area contributed by atoms with E-state index in [-0.39, 0.29) is 24.0 Å². The van der Waals surface area contributed by atoms with Gasteiger partial charge in [0, 0.05) is 39.4 Å². The number of pyridine rings is 1. The third-order valence-electron chi connectivity index (χ3n) is 4.18. The van der Waals surface area contributed by atoms with Gasteiger partial charge in [-0.1, -0.05) is 0 Å². The van der Waals surface area contributed by atoms with Crippen molar-refractivity contribution in [3.05, 3.63) is 23.9 Å². The lowest BCUT2D eigenvalue weighted by atomic mass is 10.2. The van der Waals surface area contributed by atoms with Crippen LogP contribution in [0, 0.1) is 5.92 Å². The summed E-state index contributed by atoms with van der Waals surface area (Å²) < 4.78 is 0. The van der Waals surface area contributed by atoms with E-state index in [4.69, 9.17) is 0 Å². The predicted octanol–water partition coefficient (Wildman–Crippen LogP) is 2.37. The van der Waals surface area contributed by atoms with Crippen molar-refractivity contribution in [2.45, 2.75) is 32.2 Å². The SMILES string of the molecule is CN=C(NCc1ccnc(N2CCCC2)c1)NCC1CC1.I. The van der Waals surface area contributed by atoms with Crippen LogP contribution in [0.25, 0.3) is 0 Å². The molecule has 1 aromatic heterocycles. The minimum absolute atomic E-state index is 0. The molecule has 2 heterocycles. The largest absolute Gasteiger partial charge is 0.357 e. The van der Waals surface area contributed by atoms with Gasteiger partial charge in [0.1, 0.15) is 5.82 Å². The van der Waals surface area contributed by atoms with E-state index in [9.17, 15) is 0 Å². The summed E-state index contributed by atoms with van der Waals surface area (Å²) in [5.74, 6) is 2.85. The summed E-state index contributed by atoms with van der Waals surface area (Å²) >= 11 is 0. The number of hydrogen-bond donors (Lipinski definition) is 2. The van der Waals surface area contributed by atoms with Crippen LogP contribution in [0.2, 0.25) is 0 Å². The Morgan fingerprint density at radius 1 is 1.32 bits per heavy atom. The topological polar surface area (TPSA) is 52.6 Å². The van der Waals surface area contributed by atoms with Gasteiger partial charge in [-0.05, 0) is 49.3 Å². The fourth-order valence-corrected chi connectivity index (χ4v) is 2.66. The van der Waals surface area contributed by atoms with E-state index in [1.807, 2.05) is 13.2 Å². The molecule has 1 aliphatic carbocycles.